The summed E-state index contributed by atoms with van der Waals surface area (Å²) in [5.74, 6) is 0.105. The van der Waals surface area contributed by atoms with Crippen molar-refractivity contribution in [1.82, 2.24) is 5.01 Å². The third kappa shape index (κ3) is 4.97. The number of amidine groups is 1. The summed E-state index contributed by atoms with van der Waals surface area (Å²) in [5.41, 5.74) is 2.95. The zero-order valence-corrected chi connectivity index (χ0v) is 21.3. The smallest absolute Gasteiger partial charge is 0.262 e. The van der Waals surface area contributed by atoms with Crippen LogP contribution in [0.4, 0.5) is 10.1 Å². The Morgan fingerprint density at radius 1 is 1.11 bits per heavy atom. The predicted octanol–water partition coefficient (Wildman–Crippen LogP) is 5.39. The Morgan fingerprint density at radius 2 is 1.92 bits per heavy atom. The number of aliphatic imine (C=N–C) groups is 1. The van der Waals surface area contributed by atoms with Gasteiger partial charge in [0.25, 0.3) is 5.91 Å². The van der Waals surface area contributed by atoms with Gasteiger partial charge in [-0.15, -0.1) is 0 Å². The molecule has 6 rings (SSSR count). The molecule has 8 nitrogen and oxygen atoms in total. The molecule has 0 saturated carbocycles. The Morgan fingerprint density at radius 3 is 2.74 bits per heavy atom. The molecule has 3 aromatic carbocycles. The van der Waals surface area contributed by atoms with Crippen LogP contribution in [0.1, 0.15) is 30.0 Å². The monoisotopic (exact) mass is 550 g/mol. The molecule has 0 spiro atoms. The van der Waals surface area contributed by atoms with Crippen LogP contribution in [0.2, 0.25) is 5.02 Å². The number of nitrogens with one attached hydrogen (secondary N) is 1. The number of thioether (sulfide) groups is 1. The van der Waals surface area contributed by atoms with Gasteiger partial charge in [0.2, 0.25) is 12.7 Å². The Kier molecular flexibility index (Phi) is 6.50. The Balaban J connectivity index is 1.19. The van der Waals surface area contributed by atoms with Gasteiger partial charge in [0.05, 0.1) is 11.8 Å². The molecule has 3 aromatic rings. The van der Waals surface area contributed by atoms with Gasteiger partial charge >= 0.3 is 0 Å². The molecule has 11 heteroatoms. The van der Waals surface area contributed by atoms with E-state index in [9.17, 15) is 14.0 Å². The van der Waals surface area contributed by atoms with Crippen molar-refractivity contribution in [3.8, 4) is 11.5 Å². The summed E-state index contributed by atoms with van der Waals surface area (Å²) in [5, 5.41) is 9.54. The Hall–Kier alpha value is -3.89. The first-order chi connectivity index (χ1) is 18.4. The van der Waals surface area contributed by atoms with Crippen LogP contribution in [-0.4, -0.2) is 39.7 Å². The average Bonchev–Trinajstić information content (AvgIpc) is 3.63. The molecule has 0 saturated heterocycles. The second kappa shape index (κ2) is 10.1. The molecule has 3 heterocycles. The summed E-state index contributed by atoms with van der Waals surface area (Å²) in [6, 6.07) is 18.4. The van der Waals surface area contributed by atoms with Crippen molar-refractivity contribution in [3.63, 3.8) is 0 Å². The minimum Gasteiger partial charge on any atom is -0.454 e. The minimum atomic E-state index is -0.691. The van der Waals surface area contributed by atoms with Crippen LogP contribution in [0.25, 0.3) is 0 Å². The van der Waals surface area contributed by atoms with Gasteiger partial charge in [-0.1, -0.05) is 47.6 Å². The van der Waals surface area contributed by atoms with Crippen molar-refractivity contribution in [2.45, 2.75) is 24.1 Å². The maximum atomic E-state index is 13.5. The number of carbonyl (C=O) groups excluding carboxylic acids is 2. The van der Waals surface area contributed by atoms with Crippen molar-refractivity contribution >= 4 is 51.7 Å². The molecule has 2 unspecified atom stereocenters. The van der Waals surface area contributed by atoms with E-state index in [1.54, 1.807) is 41.4 Å². The molecule has 0 aromatic heterocycles. The lowest BCUT2D eigenvalue weighted by atomic mass is 9.98. The summed E-state index contributed by atoms with van der Waals surface area (Å²) >= 11 is 7.45. The highest BCUT2D eigenvalue weighted by Gasteiger charge is 2.39. The number of halogens is 2. The number of benzene rings is 3. The maximum Gasteiger partial charge on any atom is 0.262 e. The first-order valence-corrected chi connectivity index (χ1v) is 13.1. The number of carbonyl (C=O) groups is 2. The van der Waals surface area contributed by atoms with Crippen LogP contribution < -0.4 is 14.8 Å². The number of amides is 2. The molecule has 192 valence electrons. The second-order valence-electron chi connectivity index (χ2n) is 8.83. The van der Waals surface area contributed by atoms with Crippen LogP contribution >= 0.6 is 23.4 Å². The van der Waals surface area contributed by atoms with Crippen LogP contribution in [0.3, 0.4) is 0 Å². The van der Waals surface area contributed by atoms with Gasteiger partial charge in [-0.05, 0) is 47.5 Å². The van der Waals surface area contributed by atoms with Crippen molar-refractivity contribution in [3.05, 3.63) is 88.7 Å². The zero-order valence-electron chi connectivity index (χ0n) is 19.8. The van der Waals surface area contributed by atoms with E-state index in [2.05, 4.69) is 10.3 Å². The summed E-state index contributed by atoms with van der Waals surface area (Å²) in [4.78, 5) is 29.8. The van der Waals surface area contributed by atoms with Gasteiger partial charge in [0, 0.05) is 29.6 Å². The largest absolute Gasteiger partial charge is 0.454 e. The number of anilines is 1. The van der Waals surface area contributed by atoms with E-state index in [1.807, 2.05) is 18.2 Å². The fourth-order valence-electron chi connectivity index (χ4n) is 4.44. The van der Waals surface area contributed by atoms with Crippen LogP contribution in [0.5, 0.6) is 11.5 Å². The van der Waals surface area contributed by atoms with E-state index in [-0.39, 0.29) is 31.0 Å². The lowest BCUT2D eigenvalue weighted by molar-refractivity contribution is -0.121. The van der Waals surface area contributed by atoms with E-state index in [1.165, 1.54) is 23.9 Å². The van der Waals surface area contributed by atoms with Gasteiger partial charge in [-0.2, -0.15) is 10.1 Å². The van der Waals surface area contributed by atoms with Crippen LogP contribution in [0.15, 0.2) is 76.8 Å². The SMILES string of the molecule is O=C(CC1SC(N2N=C(c3ccc(F)cc3)CC2c2cccc(Cl)c2)=NC1=O)Nc1ccc2c(c1)OCO2. The summed E-state index contributed by atoms with van der Waals surface area (Å²) in [6.45, 7) is 0.137. The Labute approximate surface area is 226 Å². The first kappa shape index (κ1) is 24.4. The topological polar surface area (TPSA) is 92.6 Å². The standard InChI is InChI=1S/C27H20ClFN4O4S/c28-17-3-1-2-16(10-17)21-12-20(15-4-6-18(29)7-5-15)32-33(21)27-31-26(35)24(38-27)13-25(34)30-19-8-9-22-23(11-19)37-14-36-22/h1-11,21,24H,12-14H2,(H,30,34). The average molecular weight is 551 g/mol. The molecule has 0 aliphatic carbocycles. The molecule has 2 amide bonds. The second-order valence-corrected chi connectivity index (χ2v) is 10.4. The minimum absolute atomic E-state index is 0.0604. The number of ether oxygens (including phenoxy) is 2. The highest BCUT2D eigenvalue weighted by molar-refractivity contribution is 8.15. The van der Waals surface area contributed by atoms with Gasteiger partial charge < -0.3 is 14.8 Å². The normalized spacial score (nSPS) is 19.9. The highest BCUT2D eigenvalue weighted by Crippen LogP contribution is 2.39. The van der Waals surface area contributed by atoms with E-state index >= 15 is 0 Å². The number of hydrogen-bond donors (Lipinski definition) is 1. The number of fused-ring (bicyclic) bond motifs is 1. The van der Waals surface area contributed by atoms with E-state index in [4.69, 9.17) is 26.2 Å². The van der Waals surface area contributed by atoms with Gasteiger partial charge in [0.15, 0.2) is 16.7 Å². The maximum absolute atomic E-state index is 13.5. The number of rotatable bonds is 5. The first-order valence-electron chi connectivity index (χ1n) is 11.8. The molecule has 3 aliphatic rings. The van der Waals surface area contributed by atoms with E-state index in [0.29, 0.717) is 33.8 Å². The van der Waals surface area contributed by atoms with Crippen LogP contribution in [-0.2, 0) is 9.59 Å². The number of hydrogen-bond acceptors (Lipinski definition) is 7. The van der Waals surface area contributed by atoms with E-state index in [0.717, 1.165) is 16.8 Å². The summed E-state index contributed by atoms with van der Waals surface area (Å²) in [7, 11) is 0. The van der Waals surface area contributed by atoms with Gasteiger partial charge in [0.1, 0.15) is 11.1 Å². The Bertz CT molecular complexity index is 1500. The molecule has 0 fully saturated rings. The quantitative estimate of drug-likeness (QED) is 0.458. The molecule has 0 bridgehead atoms. The van der Waals surface area contributed by atoms with E-state index < -0.39 is 11.2 Å². The molecule has 0 radical (unpaired) electrons. The third-order valence-corrected chi connectivity index (χ3v) is 7.65. The lowest BCUT2D eigenvalue weighted by Crippen LogP contribution is -2.25. The third-order valence-electron chi connectivity index (χ3n) is 6.27. The highest BCUT2D eigenvalue weighted by atomic mass is 35.5. The fraction of sp³-hybridized carbons (Fsp3) is 0.185. The van der Waals surface area contributed by atoms with Crippen LogP contribution in [0, 0.1) is 5.82 Å². The molecule has 38 heavy (non-hydrogen) atoms. The molecule has 2 atom stereocenters. The predicted molar refractivity (Wildman–Crippen MR) is 143 cm³/mol. The molecule has 1 N–H and O–H groups in total. The zero-order chi connectivity index (χ0) is 26.2. The van der Waals surface area contributed by atoms with Crippen molar-refractivity contribution in [2.24, 2.45) is 10.1 Å². The summed E-state index contributed by atoms with van der Waals surface area (Å²) in [6.07, 6.45) is 0.449. The van der Waals surface area contributed by atoms with Crippen molar-refractivity contribution < 1.29 is 23.5 Å². The summed E-state index contributed by atoms with van der Waals surface area (Å²) < 4.78 is 24.1. The molecular formula is C27H20ClFN4O4S. The fourth-order valence-corrected chi connectivity index (χ4v) is 5.70. The van der Waals surface area contributed by atoms with Crippen molar-refractivity contribution in [2.75, 3.05) is 12.1 Å². The van der Waals surface area contributed by atoms with Crippen molar-refractivity contribution in [1.29, 1.82) is 0 Å². The number of hydrazone groups is 1. The van der Waals surface area contributed by atoms with Gasteiger partial charge in [-0.25, -0.2) is 9.40 Å². The molecule has 3 aliphatic heterocycles. The van der Waals surface area contributed by atoms with Gasteiger partial charge in [-0.3, -0.25) is 9.59 Å². The molecular weight excluding hydrogens is 531 g/mol. The number of nitrogens with zero attached hydrogens (tertiary/aromatic N) is 3. The lowest BCUT2D eigenvalue weighted by Gasteiger charge is -2.23.